The SMILES string of the molecule is CCCN(CC(=O)O)C(=O)C(C)Cc1cccc(F)c1. The monoisotopic (exact) mass is 281 g/mol. The van der Waals surface area contributed by atoms with E-state index < -0.39 is 5.97 Å². The molecule has 1 atom stereocenters. The molecular formula is C15H20FNO3. The Bertz CT molecular complexity index is 476. The van der Waals surface area contributed by atoms with Gasteiger partial charge in [-0.05, 0) is 30.5 Å². The number of hydrogen-bond acceptors (Lipinski definition) is 2. The van der Waals surface area contributed by atoms with Gasteiger partial charge in [-0.3, -0.25) is 9.59 Å². The van der Waals surface area contributed by atoms with E-state index in [0.717, 1.165) is 5.56 Å². The van der Waals surface area contributed by atoms with E-state index in [1.165, 1.54) is 17.0 Å². The van der Waals surface area contributed by atoms with Gasteiger partial charge < -0.3 is 10.0 Å². The third-order valence-corrected chi connectivity index (χ3v) is 2.98. The zero-order chi connectivity index (χ0) is 15.1. The van der Waals surface area contributed by atoms with Crippen molar-refractivity contribution >= 4 is 11.9 Å². The van der Waals surface area contributed by atoms with Crippen molar-refractivity contribution in [1.29, 1.82) is 0 Å². The minimum atomic E-state index is -1.02. The first-order chi connectivity index (χ1) is 9.43. The average molecular weight is 281 g/mol. The lowest BCUT2D eigenvalue weighted by molar-refractivity contribution is -0.146. The number of carboxylic acids is 1. The third kappa shape index (κ3) is 4.99. The molecule has 1 aromatic carbocycles. The second-order valence-electron chi connectivity index (χ2n) is 4.89. The van der Waals surface area contributed by atoms with Crippen molar-refractivity contribution in [3.05, 3.63) is 35.6 Å². The molecule has 0 heterocycles. The number of carbonyl (C=O) groups is 2. The Morgan fingerprint density at radius 2 is 2.10 bits per heavy atom. The molecule has 0 spiro atoms. The standard InChI is InChI=1S/C15H20FNO3/c1-3-7-17(10-14(18)19)15(20)11(2)8-12-5-4-6-13(16)9-12/h4-6,9,11H,3,7-8,10H2,1-2H3,(H,18,19). The van der Waals surface area contributed by atoms with Crippen LogP contribution in [0, 0.1) is 11.7 Å². The van der Waals surface area contributed by atoms with Gasteiger partial charge in [0.25, 0.3) is 0 Å². The van der Waals surface area contributed by atoms with E-state index in [1.54, 1.807) is 19.1 Å². The topological polar surface area (TPSA) is 57.6 Å². The fourth-order valence-electron chi connectivity index (χ4n) is 2.12. The van der Waals surface area contributed by atoms with Gasteiger partial charge in [-0.15, -0.1) is 0 Å². The maximum atomic E-state index is 13.1. The summed E-state index contributed by atoms with van der Waals surface area (Å²) in [4.78, 5) is 24.3. The number of hydrogen-bond donors (Lipinski definition) is 1. The Hall–Kier alpha value is -1.91. The van der Waals surface area contributed by atoms with Crippen LogP contribution in [-0.4, -0.2) is 35.0 Å². The van der Waals surface area contributed by atoms with Crippen LogP contribution in [-0.2, 0) is 16.0 Å². The lowest BCUT2D eigenvalue weighted by Crippen LogP contribution is -2.40. The molecule has 20 heavy (non-hydrogen) atoms. The molecule has 110 valence electrons. The number of aliphatic carboxylic acids is 1. The van der Waals surface area contributed by atoms with E-state index in [0.29, 0.717) is 19.4 Å². The summed E-state index contributed by atoms with van der Waals surface area (Å²) in [6.07, 6.45) is 1.10. The molecule has 0 bridgehead atoms. The maximum Gasteiger partial charge on any atom is 0.323 e. The molecule has 1 rings (SSSR count). The Morgan fingerprint density at radius 1 is 1.40 bits per heavy atom. The summed E-state index contributed by atoms with van der Waals surface area (Å²) < 4.78 is 13.1. The smallest absolute Gasteiger partial charge is 0.323 e. The van der Waals surface area contributed by atoms with Gasteiger partial charge >= 0.3 is 5.97 Å². The summed E-state index contributed by atoms with van der Waals surface area (Å²) >= 11 is 0. The number of carboxylic acid groups (broad SMARTS) is 1. The largest absolute Gasteiger partial charge is 0.480 e. The lowest BCUT2D eigenvalue weighted by Gasteiger charge is -2.23. The van der Waals surface area contributed by atoms with Crippen LogP contribution in [0.2, 0.25) is 0 Å². The van der Waals surface area contributed by atoms with Gasteiger partial charge in [-0.1, -0.05) is 26.0 Å². The molecule has 0 aliphatic carbocycles. The highest BCUT2D eigenvalue weighted by molar-refractivity contribution is 5.83. The Balaban J connectivity index is 2.70. The van der Waals surface area contributed by atoms with E-state index >= 15 is 0 Å². The minimum Gasteiger partial charge on any atom is -0.480 e. The van der Waals surface area contributed by atoms with Crippen molar-refractivity contribution in [2.24, 2.45) is 5.92 Å². The highest BCUT2D eigenvalue weighted by atomic mass is 19.1. The van der Waals surface area contributed by atoms with Crippen molar-refractivity contribution < 1.29 is 19.1 Å². The van der Waals surface area contributed by atoms with Gasteiger partial charge in [0.05, 0.1) is 0 Å². The van der Waals surface area contributed by atoms with Crippen molar-refractivity contribution in [1.82, 2.24) is 4.90 Å². The Kier molecular flexibility index (Phi) is 6.15. The molecule has 1 amide bonds. The van der Waals surface area contributed by atoms with Crippen LogP contribution in [0.25, 0.3) is 0 Å². The quantitative estimate of drug-likeness (QED) is 0.834. The van der Waals surface area contributed by atoms with Gasteiger partial charge in [0.2, 0.25) is 5.91 Å². The number of nitrogens with zero attached hydrogens (tertiary/aromatic N) is 1. The third-order valence-electron chi connectivity index (χ3n) is 2.98. The number of amides is 1. The summed E-state index contributed by atoms with van der Waals surface area (Å²) in [7, 11) is 0. The van der Waals surface area contributed by atoms with E-state index in [-0.39, 0.29) is 24.2 Å². The summed E-state index contributed by atoms with van der Waals surface area (Å²) in [6, 6.07) is 6.10. The van der Waals surface area contributed by atoms with E-state index in [1.807, 2.05) is 6.92 Å². The van der Waals surface area contributed by atoms with Gasteiger partial charge in [0, 0.05) is 12.5 Å². The fraction of sp³-hybridized carbons (Fsp3) is 0.467. The highest BCUT2D eigenvalue weighted by Gasteiger charge is 2.22. The molecule has 0 aliphatic heterocycles. The Labute approximate surface area is 118 Å². The molecular weight excluding hydrogens is 261 g/mol. The van der Waals surface area contributed by atoms with Gasteiger partial charge in [0.15, 0.2) is 0 Å². The number of carbonyl (C=O) groups excluding carboxylic acids is 1. The van der Waals surface area contributed by atoms with Gasteiger partial charge in [-0.2, -0.15) is 0 Å². The number of rotatable bonds is 7. The van der Waals surface area contributed by atoms with E-state index in [2.05, 4.69) is 0 Å². The first-order valence-corrected chi connectivity index (χ1v) is 6.69. The van der Waals surface area contributed by atoms with Crippen LogP contribution in [0.1, 0.15) is 25.8 Å². The predicted molar refractivity (Wildman–Crippen MR) is 73.8 cm³/mol. The summed E-state index contributed by atoms with van der Waals surface area (Å²) in [5.74, 6) is -1.94. The molecule has 0 saturated heterocycles. The van der Waals surface area contributed by atoms with E-state index in [9.17, 15) is 14.0 Å². The number of benzene rings is 1. The summed E-state index contributed by atoms with van der Waals surface area (Å²) in [6.45, 7) is 3.75. The second kappa shape index (κ2) is 7.62. The van der Waals surface area contributed by atoms with Crippen molar-refractivity contribution in [3.63, 3.8) is 0 Å². The predicted octanol–water partition coefficient (Wildman–Crippen LogP) is 2.33. The number of halogens is 1. The van der Waals surface area contributed by atoms with Crippen LogP contribution in [0.3, 0.4) is 0 Å². The van der Waals surface area contributed by atoms with Crippen LogP contribution in [0.15, 0.2) is 24.3 Å². The first kappa shape index (κ1) is 16.1. The molecule has 0 radical (unpaired) electrons. The fourth-order valence-corrected chi connectivity index (χ4v) is 2.12. The van der Waals surface area contributed by atoms with Crippen molar-refractivity contribution in [3.8, 4) is 0 Å². The zero-order valence-corrected chi connectivity index (χ0v) is 11.8. The molecule has 0 aromatic heterocycles. The average Bonchev–Trinajstić information content (AvgIpc) is 2.36. The van der Waals surface area contributed by atoms with Crippen LogP contribution in [0.4, 0.5) is 4.39 Å². The molecule has 4 nitrogen and oxygen atoms in total. The maximum absolute atomic E-state index is 13.1. The van der Waals surface area contributed by atoms with Crippen LogP contribution < -0.4 is 0 Å². The zero-order valence-electron chi connectivity index (χ0n) is 11.8. The Morgan fingerprint density at radius 3 is 2.65 bits per heavy atom. The molecule has 0 fully saturated rings. The van der Waals surface area contributed by atoms with E-state index in [4.69, 9.17) is 5.11 Å². The van der Waals surface area contributed by atoms with Gasteiger partial charge in [0.1, 0.15) is 12.4 Å². The highest BCUT2D eigenvalue weighted by Crippen LogP contribution is 2.13. The second-order valence-corrected chi connectivity index (χ2v) is 4.89. The molecule has 1 aromatic rings. The van der Waals surface area contributed by atoms with Crippen molar-refractivity contribution in [2.75, 3.05) is 13.1 Å². The normalized spacial score (nSPS) is 11.9. The van der Waals surface area contributed by atoms with Crippen LogP contribution >= 0.6 is 0 Å². The molecule has 0 aliphatic rings. The van der Waals surface area contributed by atoms with Crippen molar-refractivity contribution in [2.45, 2.75) is 26.7 Å². The molecule has 5 heteroatoms. The molecule has 0 saturated carbocycles. The summed E-state index contributed by atoms with van der Waals surface area (Å²) in [5, 5.41) is 8.82. The minimum absolute atomic E-state index is 0.210. The van der Waals surface area contributed by atoms with Gasteiger partial charge in [-0.25, -0.2) is 4.39 Å². The molecule has 1 unspecified atom stereocenters. The first-order valence-electron chi connectivity index (χ1n) is 6.69. The summed E-state index contributed by atoms with van der Waals surface area (Å²) in [5.41, 5.74) is 0.734. The van der Waals surface area contributed by atoms with Crippen LogP contribution in [0.5, 0.6) is 0 Å². The molecule has 1 N–H and O–H groups in total. The lowest BCUT2D eigenvalue weighted by atomic mass is 9.99.